The van der Waals surface area contributed by atoms with Crippen molar-refractivity contribution in [3.8, 4) is 0 Å². The Morgan fingerprint density at radius 1 is 1.46 bits per heavy atom. The van der Waals surface area contributed by atoms with Crippen molar-refractivity contribution >= 4 is 22.6 Å². The number of nitrogens with zero attached hydrogens (tertiary/aromatic N) is 1. The van der Waals surface area contributed by atoms with E-state index >= 15 is 0 Å². The van der Waals surface area contributed by atoms with E-state index < -0.39 is 11.7 Å². The third kappa shape index (κ3) is 2.55. The second-order valence-electron chi connectivity index (χ2n) is 2.50. The molecule has 0 amide bonds. The van der Waals surface area contributed by atoms with Gasteiger partial charge < -0.3 is 0 Å². The van der Waals surface area contributed by atoms with Crippen LogP contribution in [0.5, 0.6) is 0 Å². The largest absolute Gasteiger partial charge is 0.417 e. The van der Waals surface area contributed by atoms with E-state index in [0.29, 0.717) is 15.7 Å². The molecule has 0 saturated heterocycles. The first-order chi connectivity index (χ1) is 5.95. The lowest BCUT2D eigenvalue weighted by atomic mass is 10.2. The maximum Gasteiger partial charge on any atom is 0.417 e. The number of alkyl halides is 3. The van der Waals surface area contributed by atoms with Gasteiger partial charge in [0.15, 0.2) is 0 Å². The topological polar surface area (TPSA) is 12.9 Å². The van der Waals surface area contributed by atoms with Gasteiger partial charge in [-0.2, -0.15) is 13.2 Å². The van der Waals surface area contributed by atoms with Crippen LogP contribution >= 0.6 is 22.6 Å². The molecular formula is C8H7F3IN. The standard InChI is InChI=1S/C8H7F3IN/c1-2-7-6(12)3-5(4-13-7)8(9,10)11/h3-4H,2H2,1H3. The lowest BCUT2D eigenvalue weighted by Crippen LogP contribution is -2.07. The van der Waals surface area contributed by atoms with Gasteiger partial charge in [-0.05, 0) is 35.1 Å². The first-order valence-electron chi connectivity index (χ1n) is 3.66. The summed E-state index contributed by atoms with van der Waals surface area (Å²) in [5.74, 6) is 0. The van der Waals surface area contributed by atoms with Crippen molar-refractivity contribution in [3.63, 3.8) is 0 Å². The molecule has 0 atom stereocenters. The van der Waals surface area contributed by atoms with Crippen LogP contribution in [0.1, 0.15) is 18.2 Å². The van der Waals surface area contributed by atoms with E-state index in [9.17, 15) is 13.2 Å². The van der Waals surface area contributed by atoms with Crippen molar-refractivity contribution in [2.45, 2.75) is 19.5 Å². The third-order valence-corrected chi connectivity index (χ3v) is 2.51. The molecule has 13 heavy (non-hydrogen) atoms. The molecule has 1 nitrogen and oxygen atoms in total. The van der Waals surface area contributed by atoms with E-state index in [4.69, 9.17) is 0 Å². The van der Waals surface area contributed by atoms with Gasteiger partial charge in [0.25, 0.3) is 0 Å². The Morgan fingerprint density at radius 3 is 2.46 bits per heavy atom. The van der Waals surface area contributed by atoms with Crippen molar-refractivity contribution in [2.75, 3.05) is 0 Å². The monoisotopic (exact) mass is 301 g/mol. The Labute approximate surface area is 87.5 Å². The van der Waals surface area contributed by atoms with Crippen LogP contribution in [0, 0.1) is 3.57 Å². The molecule has 1 aromatic heterocycles. The zero-order valence-corrected chi connectivity index (χ0v) is 8.98. The second kappa shape index (κ2) is 3.81. The predicted molar refractivity (Wildman–Crippen MR) is 51.3 cm³/mol. The first-order valence-corrected chi connectivity index (χ1v) is 4.74. The summed E-state index contributed by atoms with van der Waals surface area (Å²) in [5.41, 5.74) is 0.0164. The smallest absolute Gasteiger partial charge is 0.260 e. The fourth-order valence-corrected chi connectivity index (χ4v) is 1.74. The Balaban J connectivity index is 3.10. The second-order valence-corrected chi connectivity index (χ2v) is 3.67. The highest BCUT2D eigenvalue weighted by Gasteiger charge is 2.31. The maximum atomic E-state index is 12.2. The predicted octanol–water partition coefficient (Wildman–Crippen LogP) is 3.27. The molecule has 72 valence electrons. The van der Waals surface area contributed by atoms with E-state index in [2.05, 4.69) is 4.98 Å². The molecule has 0 aliphatic rings. The lowest BCUT2D eigenvalue weighted by molar-refractivity contribution is -0.137. The maximum absolute atomic E-state index is 12.2. The highest BCUT2D eigenvalue weighted by Crippen LogP contribution is 2.30. The number of hydrogen-bond acceptors (Lipinski definition) is 1. The lowest BCUT2D eigenvalue weighted by Gasteiger charge is -2.07. The molecule has 1 heterocycles. The fourth-order valence-electron chi connectivity index (χ4n) is 0.881. The van der Waals surface area contributed by atoms with E-state index in [1.165, 1.54) is 0 Å². The van der Waals surface area contributed by atoms with Crippen molar-refractivity contribution < 1.29 is 13.2 Å². The highest BCUT2D eigenvalue weighted by molar-refractivity contribution is 14.1. The molecule has 0 bridgehead atoms. The van der Waals surface area contributed by atoms with Crippen LogP contribution in [0.25, 0.3) is 0 Å². The van der Waals surface area contributed by atoms with Crippen LogP contribution in [0.4, 0.5) is 13.2 Å². The summed E-state index contributed by atoms with van der Waals surface area (Å²) in [4.78, 5) is 3.74. The van der Waals surface area contributed by atoms with E-state index in [1.54, 1.807) is 0 Å². The van der Waals surface area contributed by atoms with Crippen molar-refractivity contribution in [1.29, 1.82) is 0 Å². The Hall–Kier alpha value is -0.330. The average molecular weight is 301 g/mol. The molecule has 0 saturated carbocycles. The third-order valence-electron chi connectivity index (χ3n) is 1.58. The molecule has 0 fully saturated rings. The highest BCUT2D eigenvalue weighted by atomic mass is 127. The van der Waals surface area contributed by atoms with Crippen LogP contribution in [0.2, 0.25) is 0 Å². The van der Waals surface area contributed by atoms with E-state index in [-0.39, 0.29) is 0 Å². The number of aryl methyl sites for hydroxylation is 1. The minimum atomic E-state index is -4.29. The van der Waals surface area contributed by atoms with Gasteiger partial charge in [-0.3, -0.25) is 4.98 Å². The molecular weight excluding hydrogens is 294 g/mol. The van der Waals surface area contributed by atoms with Crippen molar-refractivity contribution in [2.24, 2.45) is 0 Å². The van der Waals surface area contributed by atoms with Crippen molar-refractivity contribution in [1.82, 2.24) is 4.98 Å². The SMILES string of the molecule is CCc1ncc(C(F)(F)F)cc1I. The summed E-state index contributed by atoms with van der Waals surface area (Å²) in [6.45, 7) is 1.86. The molecule has 0 aliphatic heterocycles. The fraction of sp³-hybridized carbons (Fsp3) is 0.375. The van der Waals surface area contributed by atoms with E-state index in [0.717, 1.165) is 12.3 Å². The number of rotatable bonds is 1. The normalized spacial score (nSPS) is 11.8. The van der Waals surface area contributed by atoms with Crippen LogP contribution in [0.15, 0.2) is 12.3 Å². The molecule has 1 rings (SSSR count). The Bertz CT molecular complexity index is 309. The van der Waals surface area contributed by atoms with Gasteiger partial charge in [0.05, 0.1) is 11.3 Å². The van der Waals surface area contributed by atoms with E-state index in [1.807, 2.05) is 29.5 Å². The summed E-state index contributed by atoms with van der Waals surface area (Å²) in [5, 5.41) is 0. The van der Waals surface area contributed by atoms with Gasteiger partial charge in [-0.1, -0.05) is 6.92 Å². The quantitative estimate of drug-likeness (QED) is 0.726. The van der Waals surface area contributed by atoms with Gasteiger partial charge >= 0.3 is 6.18 Å². The van der Waals surface area contributed by atoms with Gasteiger partial charge in [0.2, 0.25) is 0 Å². The molecule has 0 unspecified atom stereocenters. The zero-order chi connectivity index (χ0) is 10.1. The average Bonchev–Trinajstić information content (AvgIpc) is 2.02. The Morgan fingerprint density at radius 2 is 2.08 bits per heavy atom. The van der Waals surface area contributed by atoms with Gasteiger partial charge in [0.1, 0.15) is 0 Å². The molecule has 0 radical (unpaired) electrons. The Kier molecular flexibility index (Phi) is 3.15. The summed E-state index contributed by atoms with van der Waals surface area (Å²) in [6, 6.07) is 1.12. The molecule has 0 spiro atoms. The van der Waals surface area contributed by atoms with Gasteiger partial charge in [0, 0.05) is 9.77 Å². The zero-order valence-electron chi connectivity index (χ0n) is 6.82. The minimum Gasteiger partial charge on any atom is -0.260 e. The van der Waals surface area contributed by atoms with Gasteiger partial charge in [-0.15, -0.1) is 0 Å². The number of halogens is 4. The summed E-state index contributed by atoms with van der Waals surface area (Å²) in [7, 11) is 0. The van der Waals surface area contributed by atoms with Crippen molar-refractivity contribution in [3.05, 3.63) is 27.1 Å². The summed E-state index contributed by atoms with van der Waals surface area (Å²) < 4.78 is 37.0. The van der Waals surface area contributed by atoms with Crippen LogP contribution in [-0.4, -0.2) is 4.98 Å². The number of hydrogen-bond donors (Lipinski definition) is 0. The first kappa shape index (κ1) is 10.7. The van der Waals surface area contributed by atoms with Crippen LogP contribution < -0.4 is 0 Å². The number of pyridine rings is 1. The molecule has 0 N–H and O–H groups in total. The minimum absolute atomic E-state index is 0.565. The van der Waals surface area contributed by atoms with Gasteiger partial charge in [-0.25, -0.2) is 0 Å². The van der Waals surface area contributed by atoms with Crippen LogP contribution in [0.3, 0.4) is 0 Å². The van der Waals surface area contributed by atoms with Crippen LogP contribution in [-0.2, 0) is 12.6 Å². The summed E-state index contributed by atoms with van der Waals surface area (Å²) in [6.07, 6.45) is -2.77. The molecule has 0 aliphatic carbocycles. The molecule has 1 aromatic rings. The molecule has 5 heteroatoms. The number of aromatic nitrogens is 1. The summed E-state index contributed by atoms with van der Waals surface area (Å²) >= 11 is 1.86. The molecule has 0 aromatic carbocycles.